The van der Waals surface area contributed by atoms with Crippen LogP contribution < -0.4 is 5.32 Å². The molecule has 118 valence electrons. The molecule has 3 nitrogen and oxygen atoms in total. The molecule has 4 heteroatoms. The van der Waals surface area contributed by atoms with Gasteiger partial charge in [0, 0.05) is 10.9 Å². The lowest BCUT2D eigenvalue weighted by molar-refractivity contribution is -0.133. The highest BCUT2D eigenvalue weighted by Gasteiger charge is 2.43. The molecule has 1 aliphatic rings. The molecule has 0 radical (unpaired) electrons. The van der Waals surface area contributed by atoms with Crippen molar-refractivity contribution in [3.05, 3.63) is 22.4 Å². The Morgan fingerprint density at radius 2 is 2.05 bits per heavy atom. The number of thiophene rings is 1. The monoisotopic (exact) mass is 308 g/mol. The van der Waals surface area contributed by atoms with Gasteiger partial charge in [-0.2, -0.15) is 0 Å². The molecule has 3 atom stereocenters. The fourth-order valence-electron chi connectivity index (χ4n) is 3.44. The molecule has 1 amide bonds. The van der Waals surface area contributed by atoms with Crippen LogP contribution in [0.5, 0.6) is 0 Å². The third-order valence-electron chi connectivity index (χ3n) is 4.75. The van der Waals surface area contributed by atoms with Gasteiger partial charge in [0.1, 0.15) is 6.17 Å². The molecule has 0 saturated carbocycles. The van der Waals surface area contributed by atoms with Gasteiger partial charge in [-0.3, -0.25) is 10.1 Å². The van der Waals surface area contributed by atoms with Crippen LogP contribution in [0.25, 0.3) is 0 Å². The van der Waals surface area contributed by atoms with Crippen LogP contribution in [0.3, 0.4) is 0 Å². The number of nitrogens with one attached hydrogen (secondary N) is 1. The van der Waals surface area contributed by atoms with Crippen molar-refractivity contribution in [2.24, 2.45) is 5.92 Å². The topological polar surface area (TPSA) is 32.3 Å². The third kappa shape index (κ3) is 3.32. The fraction of sp³-hybridized carbons (Fsp3) is 0.706. The maximum absolute atomic E-state index is 12.8. The molecule has 0 bridgehead atoms. The molecule has 3 unspecified atom stereocenters. The number of hydrogen-bond acceptors (Lipinski definition) is 3. The average Bonchev–Trinajstić information content (AvgIpc) is 3.09. The number of hydrogen-bond donors (Lipinski definition) is 1. The van der Waals surface area contributed by atoms with E-state index in [1.54, 1.807) is 11.3 Å². The summed E-state index contributed by atoms with van der Waals surface area (Å²) >= 11 is 1.73. The Bertz CT molecular complexity index is 442. The molecule has 0 aliphatic carbocycles. The Kier molecular flexibility index (Phi) is 5.82. The summed E-state index contributed by atoms with van der Waals surface area (Å²) in [6, 6.07) is 4.48. The van der Waals surface area contributed by atoms with E-state index in [1.807, 2.05) is 0 Å². The first kappa shape index (κ1) is 16.5. The van der Waals surface area contributed by atoms with Gasteiger partial charge in [-0.25, -0.2) is 0 Å². The lowest BCUT2D eigenvalue weighted by Gasteiger charge is -2.34. The molecule has 0 spiro atoms. The Labute approximate surface area is 132 Å². The molecule has 1 saturated heterocycles. The lowest BCUT2D eigenvalue weighted by atomic mass is 9.93. The summed E-state index contributed by atoms with van der Waals surface area (Å²) in [5, 5.41) is 5.66. The zero-order chi connectivity index (χ0) is 15.4. The maximum Gasteiger partial charge on any atom is 0.241 e. The van der Waals surface area contributed by atoms with Crippen LogP contribution in [-0.4, -0.2) is 22.9 Å². The quantitative estimate of drug-likeness (QED) is 0.820. The molecular weight excluding hydrogens is 280 g/mol. The first-order valence-electron chi connectivity index (χ1n) is 8.25. The highest BCUT2D eigenvalue weighted by molar-refractivity contribution is 7.10. The second-order valence-electron chi connectivity index (χ2n) is 5.99. The van der Waals surface area contributed by atoms with Gasteiger partial charge in [-0.05, 0) is 30.7 Å². The molecule has 2 rings (SSSR count). The van der Waals surface area contributed by atoms with E-state index < -0.39 is 0 Å². The highest BCUT2D eigenvalue weighted by atomic mass is 32.1. The predicted molar refractivity (Wildman–Crippen MR) is 89.3 cm³/mol. The van der Waals surface area contributed by atoms with Crippen LogP contribution in [0.2, 0.25) is 0 Å². The van der Waals surface area contributed by atoms with Crippen molar-refractivity contribution in [1.82, 2.24) is 10.2 Å². The number of nitrogens with zero attached hydrogens (tertiary/aromatic N) is 1. The maximum atomic E-state index is 12.8. The Morgan fingerprint density at radius 3 is 2.57 bits per heavy atom. The van der Waals surface area contributed by atoms with Gasteiger partial charge in [0.15, 0.2) is 0 Å². The van der Waals surface area contributed by atoms with Gasteiger partial charge in [-0.1, -0.05) is 46.1 Å². The molecule has 1 aliphatic heterocycles. The van der Waals surface area contributed by atoms with Crippen LogP contribution in [-0.2, 0) is 4.79 Å². The van der Waals surface area contributed by atoms with E-state index in [4.69, 9.17) is 0 Å². The molecular formula is C17H28N2OS. The van der Waals surface area contributed by atoms with E-state index in [0.29, 0.717) is 5.92 Å². The van der Waals surface area contributed by atoms with E-state index >= 15 is 0 Å². The van der Waals surface area contributed by atoms with Crippen LogP contribution >= 0.6 is 11.3 Å². The van der Waals surface area contributed by atoms with Crippen molar-refractivity contribution in [2.75, 3.05) is 0 Å². The van der Waals surface area contributed by atoms with Crippen molar-refractivity contribution in [3.63, 3.8) is 0 Å². The van der Waals surface area contributed by atoms with Gasteiger partial charge in [-0.15, -0.1) is 11.3 Å². The SMILES string of the molecule is CCCC1NC(c2cccs2)N(C(C)C(CC)CC)C1=O. The highest BCUT2D eigenvalue weighted by Crippen LogP contribution is 2.34. The molecule has 1 aromatic heterocycles. The number of carbonyl (C=O) groups is 1. The summed E-state index contributed by atoms with van der Waals surface area (Å²) in [6.45, 7) is 8.80. The van der Waals surface area contributed by atoms with E-state index in [1.165, 1.54) is 4.88 Å². The molecule has 0 aromatic carbocycles. The molecule has 2 heterocycles. The first-order valence-corrected chi connectivity index (χ1v) is 9.13. The smallest absolute Gasteiger partial charge is 0.241 e. The second-order valence-corrected chi connectivity index (χ2v) is 6.97. The normalized spacial score (nSPS) is 24.0. The summed E-state index contributed by atoms with van der Waals surface area (Å²) in [6.07, 6.45) is 4.26. The summed E-state index contributed by atoms with van der Waals surface area (Å²) in [7, 11) is 0. The van der Waals surface area contributed by atoms with E-state index in [2.05, 4.69) is 55.4 Å². The van der Waals surface area contributed by atoms with E-state index in [-0.39, 0.29) is 24.2 Å². The minimum absolute atomic E-state index is 0.0149. The summed E-state index contributed by atoms with van der Waals surface area (Å²) in [4.78, 5) is 16.2. The van der Waals surface area contributed by atoms with Gasteiger partial charge >= 0.3 is 0 Å². The van der Waals surface area contributed by atoms with Gasteiger partial charge in [0.25, 0.3) is 0 Å². The first-order chi connectivity index (χ1) is 10.1. The zero-order valence-electron chi connectivity index (χ0n) is 13.6. The van der Waals surface area contributed by atoms with Crippen LogP contribution in [0.4, 0.5) is 0 Å². The minimum Gasteiger partial charge on any atom is -0.318 e. The Hall–Kier alpha value is -0.870. The standard InChI is InChI=1S/C17H28N2OS/c1-5-9-14-17(20)19(12(4)13(6-2)7-3)16(18-14)15-10-8-11-21-15/h8,10-14,16,18H,5-7,9H2,1-4H3. The van der Waals surface area contributed by atoms with Crippen LogP contribution in [0.1, 0.15) is 64.4 Å². The lowest BCUT2D eigenvalue weighted by Crippen LogP contribution is -2.42. The Balaban J connectivity index is 2.26. The summed E-state index contributed by atoms with van der Waals surface area (Å²) in [5.74, 6) is 0.855. The summed E-state index contributed by atoms with van der Waals surface area (Å²) in [5.41, 5.74) is 0. The molecule has 1 N–H and O–H groups in total. The van der Waals surface area contributed by atoms with Gasteiger partial charge in [0.05, 0.1) is 6.04 Å². The zero-order valence-corrected chi connectivity index (χ0v) is 14.5. The number of carbonyl (C=O) groups excluding carboxylic acids is 1. The molecule has 1 fully saturated rings. The third-order valence-corrected chi connectivity index (χ3v) is 5.67. The summed E-state index contributed by atoms with van der Waals surface area (Å²) < 4.78 is 0. The molecule has 1 aromatic rings. The van der Waals surface area contributed by atoms with Crippen molar-refractivity contribution in [1.29, 1.82) is 0 Å². The van der Waals surface area contributed by atoms with Gasteiger partial charge < -0.3 is 4.90 Å². The predicted octanol–water partition coefficient (Wildman–Crippen LogP) is 4.17. The average molecular weight is 308 g/mol. The number of amides is 1. The Morgan fingerprint density at radius 1 is 1.33 bits per heavy atom. The van der Waals surface area contributed by atoms with Crippen molar-refractivity contribution in [2.45, 2.75) is 71.6 Å². The minimum atomic E-state index is -0.0149. The largest absolute Gasteiger partial charge is 0.318 e. The van der Waals surface area contributed by atoms with Gasteiger partial charge in [0.2, 0.25) is 5.91 Å². The van der Waals surface area contributed by atoms with Crippen molar-refractivity contribution >= 4 is 17.2 Å². The van der Waals surface area contributed by atoms with Crippen molar-refractivity contribution < 1.29 is 4.79 Å². The molecule has 21 heavy (non-hydrogen) atoms. The second kappa shape index (κ2) is 7.41. The number of rotatable bonds is 7. The van der Waals surface area contributed by atoms with E-state index in [0.717, 1.165) is 25.7 Å². The van der Waals surface area contributed by atoms with Crippen LogP contribution in [0.15, 0.2) is 17.5 Å². The van der Waals surface area contributed by atoms with Crippen molar-refractivity contribution in [3.8, 4) is 0 Å². The fourth-order valence-corrected chi connectivity index (χ4v) is 4.23. The van der Waals surface area contributed by atoms with E-state index in [9.17, 15) is 4.79 Å². The van der Waals surface area contributed by atoms with Crippen LogP contribution in [0, 0.1) is 5.92 Å².